The molecule has 0 bridgehead atoms. The Hall–Kier alpha value is -2.42. The molecule has 1 atom stereocenters. The molecule has 26 heavy (non-hydrogen) atoms. The number of nitrogens with one attached hydrogen (secondary N) is 3. The summed E-state index contributed by atoms with van der Waals surface area (Å²) in [6.07, 6.45) is 2.83. The molecule has 1 aromatic heterocycles. The van der Waals surface area contributed by atoms with Gasteiger partial charge in [-0.15, -0.1) is 11.3 Å². The third kappa shape index (κ3) is 3.44. The predicted octanol–water partition coefficient (Wildman–Crippen LogP) is 1.40. The van der Waals surface area contributed by atoms with Crippen LogP contribution < -0.4 is 16.1 Å². The molecule has 9 heteroatoms. The van der Waals surface area contributed by atoms with Crippen molar-refractivity contribution in [2.75, 3.05) is 0 Å². The molecular weight excluding hydrogens is 356 g/mol. The minimum atomic E-state index is -0.916. The summed E-state index contributed by atoms with van der Waals surface area (Å²) in [5, 5.41) is 7.79. The number of hydrazine groups is 1. The molecule has 2 aliphatic rings. The van der Waals surface area contributed by atoms with Gasteiger partial charge in [0.2, 0.25) is 0 Å². The number of rotatable bonds is 4. The average molecular weight is 378 g/mol. The van der Waals surface area contributed by atoms with Gasteiger partial charge in [-0.2, -0.15) is 5.01 Å². The maximum Gasteiger partial charge on any atom is 0.344 e. The van der Waals surface area contributed by atoms with E-state index in [9.17, 15) is 19.2 Å². The quantitative estimate of drug-likeness (QED) is 0.688. The van der Waals surface area contributed by atoms with Crippen molar-refractivity contribution in [3.63, 3.8) is 0 Å². The molecule has 1 saturated carbocycles. The molecule has 1 unspecified atom stereocenters. The maximum atomic E-state index is 12.7. The van der Waals surface area contributed by atoms with Crippen molar-refractivity contribution in [1.82, 2.24) is 21.1 Å². The lowest BCUT2D eigenvalue weighted by Crippen LogP contribution is -2.55. The first-order valence-electron chi connectivity index (χ1n) is 8.64. The van der Waals surface area contributed by atoms with Crippen molar-refractivity contribution in [1.29, 1.82) is 0 Å². The fourth-order valence-electron chi connectivity index (χ4n) is 3.26. The monoisotopic (exact) mass is 378 g/mol. The first kappa shape index (κ1) is 18.4. The summed E-state index contributed by atoms with van der Waals surface area (Å²) >= 11 is 1.26. The summed E-state index contributed by atoms with van der Waals surface area (Å²) in [4.78, 5) is 49.7. The molecule has 1 aromatic rings. The molecular formula is C17H22N4O4S. The number of nitrogens with zero attached hydrogens (tertiary/aromatic N) is 1. The second-order valence-corrected chi connectivity index (χ2v) is 7.93. The summed E-state index contributed by atoms with van der Waals surface area (Å²) in [7, 11) is 0. The summed E-state index contributed by atoms with van der Waals surface area (Å²) in [5.41, 5.74) is 1.42. The van der Waals surface area contributed by atoms with Crippen molar-refractivity contribution in [2.24, 2.45) is 5.92 Å². The second-order valence-electron chi connectivity index (χ2n) is 6.98. The number of urea groups is 1. The first-order valence-corrected chi connectivity index (χ1v) is 9.52. The molecule has 140 valence electrons. The molecule has 1 spiro atoms. The smallest absolute Gasteiger partial charge is 0.340 e. The maximum absolute atomic E-state index is 12.7. The minimum absolute atomic E-state index is 0.377. The zero-order chi connectivity index (χ0) is 18.9. The third-order valence-electron chi connectivity index (χ3n) is 5.00. The van der Waals surface area contributed by atoms with E-state index in [0.717, 1.165) is 17.9 Å². The Morgan fingerprint density at radius 3 is 2.65 bits per heavy atom. The summed E-state index contributed by atoms with van der Waals surface area (Å²) < 4.78 is 0. The van der Waals surface area contributed by atoms with E-state index in [1.165, 1.54) is 18.3 Å². The van der Waals surface area contributed by atoms with Crippen LogP contribution in [-0.4, -0.2) is 40.3 Å². The van der Waals surface area contributed by atoms with Gasteiger partial charge in [0.1, 0.15) is 11.6 Å². The van der Waals surface area contributed by atoms with Gasteiger partial charge in [0, 0.05) is 0 Å². The molecule has 1 saturated heterocycles. The highest BCUT2D eigenvalue weighted by Gasteiger charge is 2.53. The lowest BCUT2D eigenvalue weighted by molar-refractivity contribution is -0.140. The highest BCUT2D eigenvalue weighted by atomic mass is 32.1. The number of carbonyl (C=O) groups excluding carboxylic acids is 4. The van der Waals surface area contributed by atoms with Gasteiger partial charge in [-0.1, -0.05) is 13.0 Å². The Kier molecular flexibility index (Phi) is 4.99. The molecule has 2 fully saturated rings. The van der Waals surface area contributed by atoms with Gasteiger partial charge in [-0.25, -0.2) is 4.79 Å². The highest BCUT2D eigenvalue weighted by molar-refractivity contribution is 7.12. The Morgan fingerprint density at radius 1 is 1.35 bits per heavy atom. The van der Waals surface area contributed by atoms with E-state index >= 15 is 0 Å². The van der Waals surface area contributed by atoms with Crippen molar-refractivity contribution in [3.05, 3.63) is 22.4 Å². The normalized spacial score (nSPS) is 26.5. The van der Waals surface area contributed by atoms with Crippen LogP contribution in [0.15, 0.2) is 17.5 Å². The van der Waals surface area contributed by atoms with Gasteiger partial charge >= 0.3 is 6.03 Å². The molecule has 8 nitrogen and oxygen atoms in total. The number of amides is 5. The van der Waals surface area contributed by atoms with E-state index in [1.807, 2.05) is 0 Å². The molecule has 0 radical (unpaired) electrons. The van der Waals surface area contributed by atoms with Crippen LogP contribution in [0.2, 0.25) is 0 Å². The number of hydrogen-bond donors (Lipinski definition) is 3. The average Bonchev–Trinajstić information content (AvgIpc) is 3.21. The minimum Gasteiger partial charge on any atom is -0.340 e. The van der Waals surface area contributed by atoms with Crippen molar-refractivity contribution in [3.8, 4) is 0 Å². The first-order chi connectivity index (χ1) is 12.3. The highest BCUT2D eigenvalue weighted by Crippen LogP contribution is 2.35. The molecule has 3 rings (SSSR count). The Bertz CT molecular complexity index is 725. The van der Waals surface area contributed by atoms with Crippen LogP contribution in [0.3, 0.4) is 0 Å². The van der Waals surface area contributed by atoms with E-state index < -0.39 is 29.4 Å². The van der Waals surface area contributed by atoms with Gasteiger partial charge in [-0.3, -0.25) is 19.8 Å². The van der Waals surface area contributed by atoms with Crippen LogP contribution in [0.25, 0.3) is 0 Å². The third-order valence-corrected chi connectivity index (χ3v) is 5.87. The standard InChI is InChI=1S/C17H22N4O4S/c1-10-5-7-17(8-6-10)15(24)21(16(25)19-17)20-13(22)11(2)18-14(23)12-4-3-9-26-12/h3-4,9-11H,5-8H2,1-2H3,(H,18,23)(H,19,25)(H,20,22). The van der Waals surface area contributed by atoms with E-state index in [2.05, 4.69) is 23.0 Å². The van der Waals surface area contributed by atoms with Crippen LogP contribution in [-0.2, 0) is 9.59 Å². The van der Waals surface area contributed by atoms with E-state index in [1.54, 1.807) is 17.5 Å². The number of hydrogen-bond acceptors (Lipinski definition) is 5. The van der Waals surface area contributed by atoms with E-state index in [0.29, 0.717) is 23.6 Å². The van der Waals surface area contributed by atoms with Gasteiger partial charge in [0.25, 0.3) is 17.7 Å². The van der Waals surface area contributed by atoms with Gasteiger partial charge < -0.3 is 10.6 Å². The number of carbonyl (C=O) groups is 4. The Morgan fingerprint density at radius 2 is 2.04 bits per heavy atom. The molecule has 1 aliphatic heterocycles. The molecule has 3 N–H and O–H groups in total. The topological polar surface area (TPSA) is 108 Å². The van der Waals surface area contributed by atoms with E-state index in [-0.39, 0.29) is 5.91 Å². The summed E-state index contributed by atoms with van der Waals surface area (Å²) in [6, 6.07) is 1.86. The van der Waals surface area contributed by atoms with Gasteiger partial charge in [0.15, 0.2) is 0 Å². The fourth-order valence-corrected chi connectivity index (χ4v) is 3.89. The van der Waals surface area contributed by atoms with Crippen LogP contribution in [0, 0.1) is 5.92 Å². The van der Waals surface area contributed by atoms with E-state index in [4.69, 9.17) is 0 Å². The van der Waals surface area contributed by atoms with Crippen LogP contribution in [0.4, 0.5) is 4.79 Å². The Balaban J connectivity index is 1.61. The molecule has 1 aliphatic carbocycles. The van der Waals surface area contributed by atoms with Crippen LogP contribution in [0.5, 0.6) is 0 Å². The molecule has 0 aromatic carbocycles. The van der Waals surface area contributed by atoms with Gasteiger partial charge in [-0.05, 0) is 50.0 Å². The predicted molar refractivity (Wildman–Crippen MR) is 95.1 cm³/mol. The lowest BCUT2D eigenvalue weighted by atomic mass is 9.77. The zero-order valence-corrected chi connectivity index (χ0v) is 15.5. The number of thiophene rings is 1. The summed E-state index contributed by atoms with van der Waals surface area (Å²) in [6.45, 7) is 3.61. The Labute approximate surface area is 155 Å². The van der Waals surface area contributed by atoms with Crippen molar-refractivity contribution < 1.29 is 19.2 Å². The second kappa shape index (κ2) is 7.06. The molecule has 5 amide bonds. The van der Waals surface area contributed by atoms with Crippen molar-refractivity contribution in [2.45, 2.75) is 51.1 Å². The lowest BCUT2D eigenvalue weighted by Gasteiger charge is -2.33. The number of imide groups is 1. The largest absolute Gasteiger partial charge is 0.344 e. The SMILES string of the molecule is CC1CCC2(CC1)NC(=O)N(NC(=O)C(C)NC(=O)c1cccs1)C2=O. The van der Waals surface area contributed by atoms with Crippen LogP contribution in [0.1, 0.15) is 49.2 Å². The van der Waals surface area contributed by atoms with Gasteiger partial charge in [0.05, 0.1) is 4.88 Å². The fraction of sp³-hybridized carbons (Fsp3) is 0.529. The zero-order valence-electron chi connectivity index (χ0n) is 14.7. The van der Waals surface area contributed by atoms with Crippen LogP contribution >= 0.6 is 11.3 Å². The molecule has 2 heterocycles. The summed E-state index contributed by atoms with van der Waals surface area (Å²) in [5.74, 6) is -0.918. The van der Waals surface area contributed by atoms with Crippen molar-refractivity contribution >= 4 is 35.1 Å².